The first kappa shape index (κ1) is 13.0. The zero-order valence-electron chi connectivity index (χ0n) is 10.5. The molecule has 0 bridgehead atoms. The zero-order chi connectivity index (χ0) is 13.1. The molecule has 0 spiro atoms. The van der Waals surface area contributed by atoms with Crippen LogP contribution in [0.4, 0.5) is 5.82 Å². The largest absolute Gasteiger partial charge is 0.383 e. The second kappa shape index (κ2) is 5.48. The number of anilines is 1. The van der Waals surface area contributed by atoms with Crippen molar-refractivity contribution in [1.82, 2.24) is 19.7 Å². The number of hydrogen-bond donors (Lipinski definition) is 1. The Kier molecular flexibility index (Phi) is 3.96. The van der Waals surface area contributed by atoms with Crippen LogP contribution in [0.3, 0.4) is 0 Å². The molecular formula is C12H16BrN5. The van der Waals surface area contributed by atoms with Gasteiger partial charge < -0.3 is 5.73 Å². The molecule has 5 nitrogen and oxygen atoms in total. The van der Waals surface area contributed by atoms with Crippen LogP contribution in [-0.2, 0) is 13.0 Å². The lowest BCUT2D eigenvalue weighted by Crippen LogP contribution is -2.06. The van der Waals surface area contributed by atoms with E-state index in [2.05, 4.69) is 37.9 Å². The molecule has 2 aromatic heterocycles. The van der Waals surface area contributed by atoms with Crippen molar-refractivity contribution in [2.24, 2.45) is 0 Å². The van der Waals surface area contributed by atoms with Crippen molar-refractivity contribution in [2.75, 3.05) is 5.73 Å². The van der Waals surface area contributed by atoms with E-state index in [1.165, 1.54) is 0 Å². The Morgan fingerprint density at radius 2 is 2.11 bits per heavy atom. The molecule has 0 aliphatic carbocycles. The van der Waals surface area contributed by atoms with Gasteiger partial charge in [-0.1, -0.05) is 13.3 Å². The number of nitrogens with zero attached hydrogens (tertiary/aromatic N) is 4. The molecule has 0 unspecified atom stereocenters. The van der Waals surface area contributed by atoms with Crippen molar-refractivity contribution in [2.45, 2.75) is 33.2 Å². The lowest BCUT2D eigenvalue weighted by molar-refractivity contribution is 0.663. The predicted molar refractivity (Wildman–Crippen MR) is 75.0 cm³/mol. The van der Waals surface area contributed by atoms with Crippen molar-refractivity contribution >= 4 is 21.7 Å². The van der Waals surface area contributed by atoms with Gasteiger partial charge in [-0.3, -0.25) is 4.68 Å². The molecule has 0 saturated heterocycles. The van der Waals surface area contributed by atoms with Crippen LogP contribution >= 0.6 is 15.9 Å². The molecule has 0 saturated carbocycles. The Bertz CT molecular complexity index is 549. The number of halogens is 1. The second-order valence-electron chi connectivity index (χ2n) is 3.98. The topological polar surface area (TPSA) is 69.6 Å². The summed E-state index contributed by atoms with van der Waals surface area (Å²) in [6, 6.07) is 1.90. The zero-order valence-corrected chi connectivity index (χ0v) is 12.1. The van der Waals surface area contributed by atoms with Crippen LogP contribution in [0, 0.1) is 0 Å². The second-order valence-corrected chi connectivity index (χ2v) is 4.77. The molecule has 0 amide bonds. The van der Waals surface area contributed by atoms with Crippen molar-refractivity contribution < 1.29 is 0 Å². The van der Waals surface area contributed by atoms with Crippen molar-refractivity contribution in [3.05, 3.63) is 22.4 Å². The highest BCUT2D eigenvalue weighted by Gasteiger charge is 2.13. The van der Waals surface area contributed by atoms with Gasteiger partial charge in [0.2, 0.25) is 0 Å². The van der Waals surface area contributed by atoms with E-state index >= 15 is 0 Å². The predicted octanol–water partition coefficient (Wildman–Crippen LogP) is 2.66. The third-order valence-electron chi connectivity index (χ3n) is 2.68. The van der Waals surface area contributed by atoms with Gasteiger partial charge in [-0.2, -0.15) is 5.10 Å². The minimum absolute atomic E-state index is 0.479. The lowest BCUT2D eigenvalue weighted by atomic mass is 10.2. The number of nitrogens with two attached hydrogens (primary N) is 1. The van der Waals surface area contributed by atoms with Gasteiger partial charge in [0.05, 0.1) is 10.2 Å². The van der Waals surface area contributed by atoms with Crippen molar-refractivity contribution in [1.29, 1.82) is 0 Å². The fourth-order valence-electron chi connectivity index (χ4n) is 1.80. The standard InChI is InChI=1S/C12H16BrN5/c1-3-5-8-10(13)11(14)17-12(16-8)9-6-7-15-18(9)4-2/h6-7H,3-5H2,1-2H3,(H2,14,16,17). The minimum atomic E-state index is 0.479. The van der Waals surface area contributed by atoms with E-state index < -0.39 is 0 Å². The van der Waals surface area contributed by atoms with Gasteiger partial charge in [-0.05, 0) is 35.3 Å². The van der Waals surface area contributed by atoms with Crippen molar-refractivity contribution in [3.63, 3.8) is 0 Å². The van der Waals surface area contributed by atoms with E-state index in [0.717, 1.165) is 35.2 Å². The van der Waals surface area contributed by atoms with Gasteiger partial charge in [0.1, 0.15) is 11.5 Å². The fourth-order valence-corrected chi connectivity index (χ4v) is 2.18. The number of hydrogen-bond acceptors (Lipinski definition) is 4. The van der Waals surface area contributed by atoms with Crippen LogP contribution in [0.15, 0.2) is 16.7 Å². The normalized spacial score (nSPS) is 10.8. The molecule has 18 heavy (non-hydrogen) atoms. The van der Waals surface area contributed by atoms with Crippen LogP contribution in [-0.4, -0.2) is 19.7 Å². The number of aryl methyl sites for hydroxylation is 2. The van der Waals surface area contributed by atoms with Gasteiger partial charge in [0.25, 0.3) is 0 Å². The van der Waals surface area contributed by atoms with E-state index in [4.69, 9.17) is 5.73 Å². The molecule has 0 atom stereocenters. The highest BCUT2D eigenvalue weighted by atomic mass is 79.9. The highest BCUT2D eigenvalue weighted by molar-refractivity contribution is 9.10. The molecule has 6 heteroatoms. The van der Waals surface area contributed by atoms with Crippen molar-refractivity contribution in [3.8, 4) is 11.5 Å². The lowest BCUT2D eigenvalue weighted by Gasteiger charge is -2.09. The number of aromatic nitrogens is 4. The Morgan fingerprint density at radius 1 is 1.33 bits per heavy atom. The van der Waals surface area contributed by atoms with E-state index in [0.29, 0.717) is 11.6 Å². The maximum Gasteiger partial charge on any atom is 0.180 e. The smallest absolute Gasteiger partial charge is 0.180 e. The van der Waals surface area contributed by atoms with E-state index in [9.17, 15) is 0 Å². The van der Waals surface area contributed by atoms with E-state index in [-0.39, 0.29) is 0 Å². The summed E-state index contributed by atoms with van der Waals surface area (Å²) < 4.78 is 2.66. The molecule has 0 aromatic carbocycles. The van der Waals surface area contributed by atoms with Gasteiger partial charge in [-0.15, -0.1) is 0 Å². The summed E-state index contributed by atoms with van der Waals surface area (Å²) in [7, 11) is 0. The van der Waals surface area contributed by atoms with E-state index in [1.807, 2.05) is 17.7 Å². The van der Waals surface area contributed by atoms with Gasteiger partial charge in [-0.25, -0.2) is 9.97 Å². The summed E-state index contributed by atoms with van der Waals surface area (Å²) in [4.78, 5) is 8.90. The molecule has 0 radical (unpaired) electrons. The Labute approximate surface area is 115 Å². The maximum atomic E-state index is 5.92. The third kappa shape index (κ3) is 2.38. The van der Waals surface area contributed by atoms with Crippen LogP contribution in [0.5, 0.6) is 0 Å². The summed E-state index contributed by atoms with van der Waals surface area (Å²) >= 11 is 3.44. The van der Waals surface area contributed by atoms with Crippen LogP contribution in [0.25, 0.3) is 11.5 Å². The van der Waals surface area contributed by atoms with Crippen LogP contribution in [0.2, 0.25) is 0 Å². The SMILES string of the molecule is CCCc1nc(-c2ccnn2CC)nc(N)c1Br. The molecular weight excluding hydrogens is 294 g/mol. The van der Waals surface area contributed by atoms with E-state index in [1.54, 1.807) is 6.20 Å². The minimum Gasteiger partial charge on any atom is -0.383 e. The molecule has 0 aliphatic rings. The summed E-state index contributed by atoms with van der Waals surface area (Å²) in [6.07, 6.45) is 3.64. The van der Waals surface area contributed by atoms with Gasteiger partial charge in [0.15, 0.2) is 5.82 Å². The Morgan fingerprint density at radius 3 is 2.78 bits per heavy atom. The van der Waals surface area contributed by atoms with Crippen LogP contribution in [0.1, 0.15) is 26.0 Å². The summed E-state index contributed by atoms with van der Waals surface area (Å²) in [5.41, 5.74) is 7.77. The molecule has 0 aliphatic heterocycles. The first-order chi connectivity index (χ1) is 8.67. The highest BCUT2D eigenvalue weighted by Crippen LogP contribution is 2.25. The average Bonchev–Trinajstić information content (AvgIpc) is 2.83. The number of rotatable bonds is 4. The Hall–Kier alpha value is -1.43. The summed E-state index contributed by atoms with van der Waals surface area (Å²) in [6.45, 7) is 4.93. The fraction of sp³-hybridized carbons (Fsp3) is 0.417. The first-order valence-electron chi connectivity index (χ1n) is 6.01. The summed E-state index contributed by atoms with van der Waals surface area (Å²) in [5, 5.41) is 4.22. The van der Waals surface area contributed by atoms with Gasteiger partial charge in [0, 0.05) is 12.7 Å². The quantitative estimate of drug-likeness (QED) is 0.942. The molecule has 0 fully saturated rings. The van der Waals surface area contributed by atoms with Gasteiger partial charge >= 0.3 is 0 Å². The Balaban J connectivity index is 2.52. The number of nitrogen functional groups attached to an aromatic ring is 1. The molecule has 2 N–H and O–H groups in total. The molecule has 2 heterocycles. The average molecular weight is 310 g/mol. The monoisotopic (exact) mass is 309 g/mol. The molecule has 2 rings (SSSR count). The first-order valence-corrected chi connectivity index (χ1v) is 6.80. The molecule has 96 valence electrons. The maximum absolute atomic E-state index is 5.92. The summed E-state index contributed by atoms with van der Waals surface area (Å²) in [5.74, 6) is 1.12. The van der Waals surface area contributed by atoms with Crippen LogP contribution < -0.4 is 5.73 Å². The third-order valence-corrected chi connectivity index (χ3v) is 3.54. The molecule has 2 aromatic rings.